The van der Waals surface area contributed by atoms with Crippen molar-refractivity contribution in [2.75, 3.05) is 6.56 Å². The maximum Gasteiger partial charge on any atom is 0.0564 e. The molecule has 0 saturated heterocycles. The average Bonchev–Trinajstić information content (AvgIpc) is 2.24. The minimum atomic E-state index is -4.17. The topological polar surface area (TPSA) is 20.2 Å². The van der Waals surface area contributed by atoms with Crippen molar-refractivity contribution in [3.8, 4) is 0 Å². The van der Waals surface area contributed by atoms with E-state index in [1.54, 1.807) is 0 Å². The van der Waals surface area contributed by atoms with Gasteiger partial charge in [-0.15, -0.1) is 0 Å². The molecule has 0 bridgehead atoms. The van der Waals surface area contributed by atoms with Crippen molar-refractivity contribution >= 4 is 0 Å². The molecular weight excluding hydrogens is 100 g/mol. The number of aliphatic hydroxyl groups is 1. The summed E-state index contributed by atoms with van der Waals surface area (Å²) in [5.41, 5.74) is 0. The van der Waals surface area contributed by atoms with Gasteiger partial charge in [0.25, 0.3) is 0 Å². The van der Waals surface area contributed by atoms with Crippen molar-refractivity contribution in [3.05, 3.63) is 0 Å². The quantitative estimate of drug-likeness (QED) is 0.604. The van der Waals surface area contributed by atoms with E-state index in [4.69, 9.17) is 25.7 Å². The van der Waals surface area contributed by atoms with Crippen molar-refractivity contribution in [2.24, 2.45) is 0 Å². The Labute approximate surface area is 72.8 Å². The summed E-state index contributed by atoms with van der Waals surface area (Å²) in [4.78, 5) is 0. The second kappa shape index (κ2) is 6.96. The van der Waals surface area contributed by atoms with Crippen LogP contribution in [0.25, 0.3) is 0 Å². The lowest BCUT2D eigenvalue weighted by Crippen LogP contribution is -1.81. The fraction of sp³-hybridized carbons (Fsp3) is 1.00. The molecule has 0 heterocycles. The second-order valence-electron chi connectivity index (χ2n) is 0.737. The Hall–Kier alpha value is -0.0400. The van der Waals surface area contributed by atoms with Crippen LogP contribution >= 0.6 is 0 Å². The molecule has 8 heavy (non-hydrogen) atoms. The molecule has 0 spiro atoms. The first-order chi connectivity index (χ1) is 9.50. The Balaban J connectivity index is 6.37. The summed E-state index contributed by atoms with van der Waals surface area (Å²) in [6, 6.07) is 0. The third kappa shape index (κ3) is 5.96. The Bertz CT molecular complexity index is 400. The predicted molar refractivity (Wildman–Crippen MR) is 35.8 cm³/mol. The molecule has 0 rings (SSSR count). The third-order valence-corrected chi connectivity index (χ3v) is 0.306. The van der Waals surface area contributed by atoms with Crippen LogP contribution < -0.4 is 0 Å². The molecule has 0 aliphatic rings. The standard InChI is InChI=1S/C7H16O/c1-2-3-4-5-6-7-8/h8H,2-7H2,1H3/i1D3,2D2,3D2,4D2,5D2,6D2,7D2. The predicted octanol–water partition coefficient (Wildman–Crippen LogP) is 1.95. The number of rotatable bonds is 5. The fourth-order valence-electron chi connectivity index (χ4n) is 0.122. The normalized spacial score (nSPS) is 49.9. The van der Waals surface area contributed by atoms with Crippen LogP contribution in [0.15, 0.2) is 0 Å². The Morgan fingerprint density at radius 2 is 2.12 bits per heavy atom. The molecule has 1 heteroatoms. The molecule has 1 nitrogen and oxygen atoms in total. The van der Waals surface area contributed by atoms with Crippen LogP contribution in [-0.4, -0.2) is 11.7 Å². The maximum absolute atomic E-state index is 9.10. The molecule has 0 fully saturated rings. The van der Waals surface area contributed by atoms with Crippen LogP contribution in [0, 0.1) is 0 Å². The second-order valence-corrected chi connectivity index (χ2v) is 0.737. The molecule has 0 aromatic heterocycles. The molecule has 1 N–H and O–H groups in total. The molecular formula is C7H16O. The summed E-state index contributed by atoms with van der Waals surface area (Å²) < 4.78 is 109. The van der Waals surface area contributed by atoms with E-state index in [-0.39, 0.29) is 0 Å². The van der Waals surface area contributed by atoms with Gasteiger partial charge in [-0.2, -0.15) is 0 Å². The minimum absolute atomic E-state index is 3.72. The van der Waals surface area contributed by atoms with Gasteiger partial charge in [-0.1, -0.05) is 32.3 Å². The first-order valence-corrected chi connectivity index (χ1v) is 1.72. The van der Waals surface area contributed by atoms with Crippen molar-refractivity contribution in [3.63, 3.8) is 0 Å². The molecule has 0 aromatic rings. The van der Waals surface area contributed by atoms with Gasteiger partial charge in [-0.25, -0.2) is 0 Å². The van der Waals surface area contributed by atoms with Crippen LogP contribution in [0.5, 0.6) is 0 Å². The van der Waals surface area contributed by atoms with Crippen molar-refractivity contribution < 1.29 is 25.7 Å². The molecule has 0 aliphatic heterocycles. The molecule has 0 aliphatic carbocycles. The number of hydrogen-bond donors (Lipinski definition) is 1. The van der Waals surface area contributed by atoms with Crippen molar-refractivity contribution in [2.45, 2.75) is 38.7 Å². The summed E-state index contributed by atoms with van der Waals surface area (Å²) in [5, 5.41) is 9.10. The maximum atomic E-state index is 9.10. The fourth-order valence-corrected chi connectivity index (χ4v) is 0.122. The summed E-state index contributed by atoms with van der Waals surface area (Å²) in [6.07, 6.45) is -20.4. The van der Waals surface area contributed by atoms with Gasteiger partial charge in [-0.05, 0) is 6.37 Å². The van der Waals surface area contributed by atoms with E-state index in [2.05, 4.69) is 0 Å². The van der Waals surface area contributed by atoms with E-state index in [1.165, 1.54) is 0 Å². The highest BCUT2D eigenvalue weighted by atomic mass is 16.2. The monoisotopic (exact) mass is 131 g/mol. The highest BCUT2D eigenvalue weighted by Crippen LogP contribution is 2.00. The molecule has 0 atom stereocenters. The van der Waals surface area contributed by atoms with Gasteiger partial charge in [-0.3, -0.25) is 0 Å². The van der Waals surface area contributed by atoms with Gasteiger partial charge in [0.15, 0.2) is 0 Å². The summed E-state index contributed by atoms with van der Waals surface area (Å²) in [6.45, 7) is -7.67. The Morgan fingerprint density at radius 1 is 1.38 bits per heavy atom. The van der Waals surface area contributed by atoms with Gasteiger partial charge >= 0.3 is 0 Å². The van der Waals surface area contributed by atoms with Crippen molar-refractivity contribution in [1.29, 1.82) is 0 Å². The smallest absolute Gasteiger partial charge is 0.0564 e. The lowest BCUT2D eigenvalue weighted by Gasteiger charge is -1.93. The molecule has 50 valence electrons. The van der Waals surface area contributed by atoms with Crippen LogP contribution in [0.1, 0.15) is 59.3 Å². The van der Waals surface area contributed by atoms with E-state index in [0.717, 1.165) is 0 Å². The first-order valence-electron chi connectivity index (χ1n) is 9.22. The van der Waals surface area contributed by atoms with Crippen LogP contribution in [0.4, 0.5) is 0 Å². The van der Waals surface area contributed by atoms with Crippen molar-refractivity contribution in [1.82, 2.24) is 0 Å². The Morgan fingerprint density at radius 3 is 2.75 bits per heavy atom. The van der Waals surface area contributed by atoms with Gasteiger partial charge in [0.1, 0.15) is 0 Å². The molecule has 0 unspecified atom stereocenters. The lowest BCUT2D eigenvalue weighted by atomic mass is 10.2. The van der Waals surface area contributed by atoms with E-state index in [0.29, 0.717) is 0 Å². The van der Waals surface area contributed by atoms with E-state index < -0.39 is 45.3 Å². The zero-order chi connectivity index (χ0) is 19.5. The highest BCUT2D eigenvalue weighted by Gasteiger charge is 1.84. The van der Waals surface area contributed by atoms with E-state index in [9.17, 15) is 0 Å². The van der Waals surface area contributed by atoms with Gasteiger partial charge in [0.05, 0.1) is 2.74 Å². The SMILES string of the molecule is [2H]C([2H])([2H])C([2H])([2H])C([2H])([2H])C([2H])([2H])C([2H])([2H])C([2H])([2H])C([2H])([2H])O. The van der Waals surface area contributed by atoms with Crippen LogP contribution in [0.3, 0.4) is 0 Å². The minimum Gasteiger partial charge on any atom is -0.396 e. The zero-order valence-electron chi connectivity index (χ0n) is 18.9. The summed E-state index contributed by atoms with van der Waals surface area (Å²) in [5.74, 6) is 0. The Kier molecular flexibility index (Phi) is 0.696. The van der Waals surface area contributed by atoms with Gasteiger partial charge in [0, 0.05) is 24.4 Å². The first kappa shape index (κ1) is 0.800. The third-order valence-electron chi connectivity index (χ3n) is 0.306. The summed E-state index contributed by atoms with van der Waals surface area (Å²) in [7, 11) is 0. The van der Waals surface area contributed by atoms with E-state index >= 15 is 0 Å². The lowest BCUT2D eigenvalue weighted by molar-refractivity contribution is 0.282. The molecule has 0 saturated carbocycles. The van der Waals surface area contributed by atoms with Gasteiger partial charge < -0.3 is 5.11 Å². The largest absolute Gasteiger partial charge is 0.396 e. The summed E-state index contributed by atoms with van der Waals surface area (Å²) >= 11 is 0. The average molecular weight is 131 g/mol. The molecule has 0 aromatic carbocycles. The number of hydrogen-bond acceptors (Lipinski definition) is 1. The van der Waals surface area contributed by atoms with E-state index in [1.807, 2.05) is 0 Å². The molecule has 0 amide bonds. The van der Waals surface area contributed by atoms with Crippen LogP contribution in [0.2, 0.25) is 0 Å². The van der Waals surface area contributed by atoms with Crippen LogP contribution in [-0.2, 0) is 0 Å². The van der Waals surface area contributed by atoms with Gasteiger partial charge in [0.2, 0.25) is 0 Å². The zero-order valence-corrected chi connectivity index (χ0v) is 3.95. The molecule has 0 radical (unpaired) electrons. The highest BCUT2D eigenvalue weighted by molar-refractivity contribution is 4.39.